The molecule has 0 rings (SSSR count). The van der Waals surface area contributed by atoms with Crippen molar-refractivity contribution in [3.63, 3.8) is 0 Å². The van der Waals surface area contributed by atoms with Crippen LogP contribution in [0.25, 0.3) is 0 Å². The lowest BCUT2D eigenvalue weighted by atomic mass is 10.0. The van der Waals surface area contributed by atoms with Crippen LogP contribution in [0.3, 0.4) is 0 Å². The highest BCUT2D eigenvalue weighted by Gasteiger charge is 2.27. The molecule has 446 valence electrons. The van der Waals surface area contributed by atoms with E-state index in [1.807, 2.05) is 33.3 Å². The van der Waals surface area contributed by atoms with Gasteiger partial charge in [0.15, 0.2) is 0 Å². The van der Waals surface area contributed by atoms with Crippen molar-refractivity contribution in [2.75, 3.05) is 40.9 Å². The minimum Gasteiger partial charge on any atom is -0.756 e. The van der Waals surface area contributed by atoms with Gasteiger partial charge in [-0.1, -0.05) is 262 Å². The first-order chi connectivity index (χ1) is 36.9. The zero-order valence-corrected chi connectivity index (χ0v) is 51.9. The van der Waals surface area contributed by atoms with Crippen LogP contribution in [0.15, 0.2) is 48.6 Å². The van der Waals surface area contributed by atoms with E-state index in [0.717, 1.165) is 64.2 Å². The summed E-state index contributed by atoms with van der Waals surface area (Å²) in [7, 11) is 1.17. The Morgan fingerprint density at radius 3 is 1.21 bits per heavy atom. The standard InChI is InChI=1S/C66H125N2O7P/c1-7-10-13-16-19-22-25-28-30-32-33-34-35-36-38-41-44-47-50-53-56-59-66(70)75-64(57-54-51-48-45-42-39-27-24-21-18-15-12-9-3)63(62-74-76(71,72)73-61-60-68(4,5)6)67-65(69)58-55-52-49-46-43-40-37-31-29-26-23-20-17-14-11-8-2/h28,30-31,37,40,43,54,57,63-64H,7-27,29,32-36,38-39,41-42,44-53,55-56,58-62H2,1-6H3,(H-,67,69,71,72)/b30-28+,37-31+,43-40+,57-54+. The van der Waals surface area contributed by atoms with Gasteiger partial charge in [0.1, 0.15) is 19.3 Å². The maximum absolute atomic E-state index is 13.5. The van der Waals surface area contributed by atoms with E-state index in [4.69, 9.17) is 13.8 Å². The number of likely N-dealkylation sites (N-methyl/N-ethyl adjacent to an activating group) is 1. The minimum absolute atomic E-state index is 0.0268. The molecule has 0 aliphatic rings. The number of unbranched alkanes of at least 4 members (excludes halogenated alkanes) is 38. The highest BCUT2D eigenvalue weighted by molar-refractivity contribution is 7.45. The van der Waals surface area contributed by atoms with Gasteiger partial charge in [-0.05, 0) is 83.1 Å². The number of carbonyl (C=O) groups is 2. The second-order valence-corrected chi connectivity index (χ2v) is 24.7. The van der Waals surface area contributed by atoms with Gasteiger partial charge >= 0.3 is 5.97 Å². The van der Waals surface area contributed by atoms with Gasteiger partial charge in [-0.15, -0.1) is 0 Å². The Morgan fingerprint density at radius 2 is 0.803 bits per heavy atom. The normalized spacial score (nSPS) is 13.9. The number of amides is 1. The Kier molecular flexibility index (Phi) is 54.7. The van der Waals surface area contributed by atoms with E-state index in [0.29, 0.717) is 17.4 Å². The molecule has 3 atom stereocenters. The fourth-order valence-corrected chi connectivity index (χ4v) is 10.2. The third-order valence-electron chi connectivity index (χ3n) is 14.5. The number of carbonyl (C=O) groups excluding carboxylic acids is 2. The molecular formula is C66H125N2O7P. The van der Waals surface area contributed by atoms with E-state index in [-0.39, 0.29) is 31.3 Å². The number of phosphoric ester groups is 1. The fraction of sp³-hybridized carbons (Fsp3) is 0.848. The van der Waals surface area contributed by atoms with Gasteiger partial charge in [0, 0.05) is 12.8 Å². The Bertz CT molecular complexity index is 1440. The average molecular weight is 1090 g/mol. The smallest absolute Gasteiger partial charge is 0.306 e. The van der Waals surface area contributed by atoms with Crippen LogP contribution in [0.5, 0.6) is 0 Å². The number of hydrogen-bond acceptors (Lipinski definition) is 7. The lowest BCUT2D eigenvalue weighted by molar-refractivity contribution is -0.870. The van der Waals surface area contributed by atoms with E-state index < -0.39 is 26.6 Å². The van der Waals surface area contributed by atoms with Gasteiger partial charge in [0.05, 0.1) is 33.8 Å². The number of phosphoric acid groups is 1. The van der Waals surface area contributed by atoms with Crippen molar-refractivity contribution in [1.82, 2.24) is 5.32 Å². The van der Waals surface area contributed by atoms with Crippen LogP contribution in [0.2, 0.25) is 0 Å². The van der Waals surface area contributed by atoms with Crippen molar-refractivity contribution in [2.45, 2.75) is 322 Å². The molecule has 0 aromatic rings. The van der Waals surface area contributed by atoms with Crippen LogP contribution in [0.1, 0.15) is 310 Å². The van der Waals surface area contributed by atoms with Crippen molar-refractivity contribution in [3.05, 3.63) is 48.6 Å². The molecule has 10 heteroatoms. The van der Waals surface area contributed by atoms with E-state index in [1.54, 1.807) is 0 Å². The lowest BCUT2D eigenvalue weighted by Crippen LogP contribution is -2.47. The van der Waals surface area contributed by atoms with Gasteiger partial charge in [0.2, 0.25) is 5.91 Å². The number of allylic oxidation sites excluding steroid dienone is 7. The monoisotopic (exact) mass is 1090 g/mol. The molecule has 0 saturated carbocycles. The number of rotatable bonds is 59. The van der Waals surface area contributed by atoms with Crippen molar-refractivity contribution in [1.29, 1.82) is 0 Å². The first-order valence-electron chi connectivity index (χ1n) is 32.5. The van der Waals surface area contributed by atoms with E-state index >= 15 is 0 Å². The first kappa shape index (κ1) is 74.0. The largest absolute Gasteiger partial charge is 0.756 e. The predicted molar refractivity (Wildman–Crippen MR) is 326 cm³/mol. The van der Waals surface area contributed by atoms with Gasteiger partial charge in [-0.2, -0.15) is 0 Å². The van der Waals surface area contributed by atoms with Gasteiger partial charge < -0.3 is 28.5 Å². The summed E-state index contributed by atoms with van der Waals surface area (Å²) in [4.78, 5) is 40.0. The molecule has 3 unspecified atom stereocenters. The van der Waals surface area contributed by atoms with Gasteiger partial charge in [-0.25, -0.2) is 0 Å². The number of ether oxygens (including phenoxy) is 1. The van der Waals surface area contributed by atoms with Crippen molar-refractivity contribution >= 4 is 19.7 Å². The van der Waals surface area contributed by atoms with Crippen molar-refractivity contribution in [3.8, 4) is 0 Å². The summed E-state index contributed by atoms with van der Waals surface area (Å²) < 4.78 is 30.3. The molecule has 1 amide bonds. The topological polar surface area (TPSA) is 114 Å². The number of esters is 1. The highest BCUT2D eigenvalue weighted by atomic mass is 31.2. The SMILES string of the molecule is CCCCCCCC/C=C/CCCCCCCCCCCCCC(=O)OC(/C=C/CCCCCCCCCCCCC)C(COP(=O)([O-])OCC[N+](C)(C)C)NC(=O)CCCCC/C=C/C=C/CCCCCCCCC. The molecule has 1 N–H and O–H groups in total. The zero-order chi connectivity index (χ0) is 55.7. The van der Waals surface area contributed by atoms with E-state index in [9.17, 15) is 19.0 Å². The Labute approximate surface area is 471 Å². The number of nitrogens with zero attached hydrogens (tertiary/aromatic N) is 1. The van der Waals surface area contributed by atoms with Gasteiger partial charge in [0.25, 0.3) is 7.82 Å². The molecule has 0 aliphatic heterocycles. The Hall–Kier alpha value is -2.03. The van der Waals surface area contributed by atoms with E-state index in [1.165, 1.54) is 205 Å². The summed E-state index contributed by atoms with van der Waals surface area (Å²) in [5, 5.41) is 3.02. The van der Waals surface area contributed by atoms with Crippen LogP contribution in [-0.4, -0.2) is 69.4 Å². The summed E-state index contributed by atoms with van der Waals surface area (Å²) >= 11 is 0. The van der Waals surface area contributed by atoms with Crippen molar-refractivity contribution < 1.29 is 37.3 Å². The zero-order valence-electron chi connectivity index (χ0n) is 51.0. The molecule has 0 aliphatic carbocycles. The summed E-state index contributed by atoms with van der Waals surface area (Å²) in [6, 6.07) is -0.901. The summed E-state index contributed by atoms with van der Waals surface area (Å²) in [5.74, 6) is -0.562. The average Bonchev–Trinajstić information content (AvgIpc) is 3.38. The van der Waals surface area contributed by atoms with Crippen LogP contribution >= 0.6 is 7.82 Å². The molecule has 0 aromatic heterocycles. The molecular weight excluding hydrogens is 964 g/mol. The summed E-state index contributed by atoms with van der Waals surface area (Å²) in [6.07, 6.45) is 69.4. The molecule has 0 heterocycles. The lowest BCUT2D eigenvalue weighted by Gasteiger charge is -2.30. The minimum atomic E-state index is -4.71. The number of nitrogens with one attached hydrogen (secondary N) is 1. The maximum Gasteiger partial charge on any atom is 0.306 e. The molecule has 0 spiro atoms. The molecule has 9 nitrogen and oxygen atoms in total. The summed E-state index contributed by atoms with van der Waals surface area (Å²) in [6.45, 7) is 6.84. The Balaban J connectivity index is 5.25. The van der Waals surface area contributed by atoms with Gasteiger partial charge in [-0.3, -0.25) is 14.2 Å². The molecule has 0 saturated heterocycles. The van der Waals surface area contributed by atoms with Crippen molar-refractivity contribution in [2.24, 2.45) is 0 Å². The number of hydrogen-bond donors (Lipinski definition) is 1. The summed E-state index contributed by atoms with van der Waals surface area (Å²) in [5.41, 5.74) is 0. The Morgan fingerprint density at radius 1 is 0.461 bits per heavy atom. The second kappa shape index (κ2) is 56.3. The highest BCUT2D eigenvalue weighted by Crippen LogP contribution is 2.38. The van der Waals surface area contributed by atoms with Crippen LogP contribution < -0.4 is 10.2 Å². The predicted octanol–water partition coefficient (Wildman–Crippen LogP) is 19.4. The third-order valence-corrected chi connectivity index (χ3v) is 15.5. The molecule has 0 fully saturated rings. The molecule has 0 bridgehead atoms. The quantitative estimate of drug-likeness (QED) is 0.0161. The fourth-order valence-electron chi connectivity index (χ4n) is 9.45. The maximum atomic E-state index is 13.5. The van der Waals surface area contributed by atoms with Crippen LogP contribution in [-0.2, 0) is 27.9 Å². The molecule has 0 aromatic carbocycles. The van der Waals surface area contributed by atoms with Crippen LogP contribution in [0, 0.1) is 0 Å². The van der Waals surface area contributed by atoms with Crippen LogP contribution in [0.4, 0.5) is 0 Å². The first-order valence-corrected chi connectivity index (χ1v) is 33.9. The third kappa shape index (κ3) is 56.7. The molecule has 0 radical (unpaired) electrons. The molecule has 76 heavy (non-hydrogen) atoms. The number of quaternary nitrogens is 1. The van der Waals surface area contributed by atoms with E-state index in [2.05, 4.69) is 62.5 Å². The second-order valence-electron chi connectivity index (χ2n) is 23.3.